The third kappa shape index (κ3) is 2.94. The Labute approximate surface area is 135 Å². The number of amides is 1. The summed E-state index contributed by atoms with van der Waals surface area (Å²) in [4.78, 5) is 14.5. The normalized spacial score (nSPS) is 17.5. The Morgan fingerprint density at radius 3 is 3.00 bits per heavy atom. The molecule has 2 heterocycles. The van der Waals surface area contributed by atoms with E-state index < -0.39 is 0 Å². The smallest absolute Gasteiger partial charge is 0.274 e. The molecule has 1 aromatic heterocycles. The molecule has 0 bridgehead atoms. The average molecular weight is 314 g/mol. The summed E-state index contributed by atoms with van der Waals surface area (Å²) < 4.78 is 7.07. The number of nitrogens with zero attached hydrogens (tertiary/aromatic N) is 3. The summed E-state index contributed by atoms with van der Waals surface area (Å²) >= 11 is 0. The highest BCUT2D eigenvalue weighted by Gasteiger charge is 2.29. The van der Waals surface area contributed by atoms with Crippen LogP contribution in [0.2, 0.25) is 0 Å². The highest BCUT2D eigenvalue weighted by molar-refractivity contribution is 5.92. The van der Waals surface area contributed by atoms with Crippen molar-refractivity contribution in [1.29, 1.82) is 0 Å². The SMILES string of the molecule is COc1ccc(C)cc1-n1ccc(C(=O)N2CCCC2CN)n1. The van der Waals surface area contributed by atoms with Crippen LogP contribution in [0.1, 0.15) is 28.9 Å². The molecule has 122 valence electrons. The molecule has 6 heteroatoms. The molecule has 0 spiro atoms. The summed E-state index contributed by atoms with van der Waals surface area (Å²) in [6.07, 6.45) is 3.76. The van der Waals surface area contributed by atoms with Gasteiger partial charge in [0.2, 0.25) is 0 Å². The average Bonchev–Trinajstić information content (AvgIpc) is 3.23. The zero-order chi connectivity index (χ0) is 16.4. The van der Waals surface area contributed by atoms with Crippen LogP contribution in [0.3, 0.4) is 0 Å². The molecular weight excluding hydrogens is 292 g/mol. The Kier molecular flexibility index (Phi) is 4.34. The van der Waals surface area contributed by atoms with E-state index in [1.807, 2.05) is 30.0 Å². The van der Waals surface area contributed by atoms with E-state index >= 15 is 0 Å². The van der Waals surface area contributed by atoms with Crippen molar-refractivity contribution in [3.05, 3.63) is 41.7 Å². The van der Waals surface area contributed by atoms with E-state index in [9.17, 15) is 4.79 Å². The van der Waals surface area contributed by atoms with E-state index in [0.717, 1.165) is 36.4 Å². The minimum Gasteiger partial charge on any atom is -0.494 e. The lowest BCUT2D eigenvalue weighted by atomic mass is 10.2. The van der Waals surface area contributed by atoms with Gasteiger partial charge in [0.1, 0.15) is 11.4 Å². The van der Waals surface area contributed by atoms with Gasteiger partial charge in [-0.2, -0.15) is 5.10 Å². The van der Waals surface area contributed by atoms with Crippen molar-refractivity contribution in [3.8, 4) is 11.4 Å². The van der Waals surface area contributed by atoms with Crippen LogP contribution in [0.5, 0.6) is 5.75 Å². The number of methoxy groups -OCH3 is 1. The van der Waals surface area contributed by atoms with E-state index in [-0.39, 0.29) is 11.9 Å². The summed E-state index contributed by atoms with van der Waals surface area (Å²) in [7, 11) is 1.62. The molecule has 1 aliphatic heterocycles. The largest absolute Gasteiger partial charge is 0.494 e. The predicted octanol–water partition coefficient (Wildman–Crippen LogP) is 1.75. The zero-order valence-corrected chi connectivity index (χ0v) is 13.5. The van der Waals surface area contributed by atoms with E-state index in [1.165, 1.54) is 0 Å². The predicted molar refractivity (Wildman–Crippen MR) is 88.0 cm³/mol. The second-order valence-electron chi connectivity index (χ2n) is 5.85. The standard InChI is InChI=1S/C17H22N4O2/c1-12-5-6-16(23-2)15(10-12)21-9-7-14(19-21)17(22)20-8-3-4-13(20)11-18/h5-7,9-10,13H,3-4,8,11,18H2,1-2H3. The zero-order valence-electron chi connectivity index (χ0n) is 13.5. The van der Waals surface area contributed by atoms with Gasteiger partial charge in [-0.3, -0.25) is 4.79 Å². The number of likely N-dealkylation sites (tertiary alicyclic amines) is 1. The summed E-state index contributed by atoms with van der Waals surface area (Å²) in [5.41, 5.74) is 8.12. The number of aryl methyl sites for hydroxylation is 1. The monoisotopic (exact) mass is 314 g/mol. The molecule has 0 radical (unpaired) electrons. The van der Waals surface area contributed by atoms with Gasteiger partial charge >= 0.3 is 0 Å². The fraction of sp³-hybridized carbons (Fsp3) is 0.412. The molecular formula is C17H22N4O2. The lowest BCUT2D eigenvalue weighted by Crippen LogP contribution is -2.40. The fourth-order valence-electron chi connectivity index (χ4n) is 3.05. The van der Waals surface area contributed by atoms with E-state index in [1.54, 1.807) is 24.1 Å². The molecule has 2 aromatic rings. The number of rotatable bonds is 4. The molecule has 1 unspecified atom stereocenters. The first-order valence-electron chi connectivity index (χ1n) is 7.85. The number of nitrogens with two attached hydrogens (primary N) is 1. The number of hydrogen-bond acceptors (Lipinski definition) is 4. The molecule has 1 atom stereocenters. The number of carbonyl (C=O) groups is 1. The highest BCUT2D eigenvalue weighted by Crippen LogP contribution is 2.24. The van der Waals surface area contributed by atoms with Crippen LogP contribution in [-0.2, 0) is 0 Å². The number of hydrogen-bond donors (Lipinski definition) is 1. The molecule has 1 aliphatic rings. The van der Waals surface area contributed by atoms with Gasteiger partial charge in [-0.15, -0.1) is 0 Å². The van der Waals surface area contributed by atoms with Crippen molar-refractivity contribution in [2.45, 2.75) is 25.8 Å². The molecule has 1 fully saturated rings. The summed E-state index contributed by atoms with van der Waals surface area (Å²) in [5, 5.41) is 4.45. The summed E-state index contributed by atoms with van der Waals surface area (Å²) in [6.45, 7) is 3.26. The fourth-order valence-corrected chi connectivity index (χ4v) is 3.05. The van der Waals surface area contributed by atoms with Crippen molar-refractivity contribution in [2.75, 3.05) is 20.2 Å². The van der Waals surface area contributed by atoms with E-state index in [0.29, 0.717) is 12.2 Å². The molecule has 0 aliphatic carbocycles. The number of ether oxygens (including phenoxy) is 1. The minimum atomic E-state index is -0.0525. The van der Waals surface area contributed by atoms with E-state index in [4.69, 9.17) is 10.5 Å². The Bertz CT molecular complexity index is 710. The van der Waals surface area contributed by atoms with Crippen molar-refractivity contribution in [3.63, 3.8) is 0 Å². The topological polar surface area (TPSA) is 73.4 Å². The van der Waals surface area contributed by atoms with Crippen LogP contribution >= 0.6 is 0 Å². The van der Waals surface area contributed by atoms with Crippen LogP contribution < -0.4 is 10.5 Å². The maximum Gasteiger partial charge on any atom is 0.274 e. The van der Waals surface area contributed by atoms with Gasteiger partial charge in [-0.05, 0) is 43.5 Å². The number of aromatic nitrogens is 2. The van der Waals surface area contributed by atoms with Crippen LogP contribution in [0.4, 0.5) is 0 Å². The molecule has 0 saturated carbocycles. The van der Waals surface area contributed by atoms with Crippen molar-refractivity contribution in [1.82, 2.24) is 14.7 Å². The van der Waals surface area contributed by atoms with Crippen LogP contribution in [-0.4, -0.2) is 46.8 Å². The maximum atomic E-state index is 12.6. The van der Waals surface area contributed by atoms with Gasteiger partial charge in [0.05, 0.1) is 7.11 Å². The second-order valence-corrected chi connectivity index (χ2v) is 5.85. The summed E-state index contributed by atoms with van der Waals surface area (Å²) in [5.74, 6) is 0.669. The van der Waals surface area contributed by atoms with Gasteiger partial charge in [0.25, 0.3) is 5.91 Å². The quantitative estimate of drug-likeness (QED) is 0.933. The molecule has 1 amide bonds. The molecule has 1 saturated heterocycles. The number of carbonyl (C=O) groups excluding carboxylic acids is 1. The Morgan fingerprint density at radius 1 is 1.43 bits per heavy atom. The Morgan fingerprint density at radius 2 is 2.26 bits per heavy atom. The van der Waals surface area contributed by atoms with Crippen LogP contribution in [0.15, 0.2) is 30.5 Å². The van der Waals surface area contributed by atoms with Gasteiger partial charge < -0.3 is 15.4 Å². The first-order chi connectivity index (χ1) is 11.1. The molecule has 6 nitrogen and oxygen atoms in total. The van der Waals surface area contributed by atoms with Gasteiger partial charge in [0.15, 0.2) is 5.69 Å². The van der Waals surface area contributed by atoms with Gasteiger partial charge in [-0.1, -0.05) is 6.07 Å². The lowest BCUT2D eigenvalue weighted by molar-refractivity contribution is 0.0734. The second kappa shape index (κ2) is 6.42. The maximum absolute atomic E-state index is 12.6. The van der Waals surface area contributed by atoms with Gasteiger partial charge in [0, 0.05) is 25.3 Å². The Hall–Kier alpha value is -2.34. The molecule has 23 heavy (non-hydrogen) atoms. The lowest BCUT2D eigenvalue weighted by Gasteiger charge is -2.22. The Balaban J connectivity index is 1.89. The van der Waals surface area contributed by atoms with Crippen molar-refractivity contribution in [2.24, 2.45) is 5.73 Å². The van der Waals surface area contributed by atoms with Gasteiger partial charge in [-0.25, -0.2) is 4.68 Å². The summed E-state index contributed by atoms with van der Waals surface area (Å²) in [6, 6.07) is 7.74. The molecule has 2 N–H and O–H groups in total. The highest BCUT2D eigenvalue weighted by atomic mass is 16.5. The first-order valence-corrected chi connectivity index (χ1v) is 7.85. The van der Waals surface area contributed by atoms with Crippen LogP contribution in [0.25, 0.3) is 5.69 Å². The van der Waals surface area contributed by atoms with Crippen LogP contribution in [0, 0.1) is 6.92 Å². The van der Waals surface area contributed by atoms with Crippen molar-refractivity contribution < 1.29 is 9.53 Å². The van der Waals surface area contributed by atoms with Crippen molar-refractivity contribution >= 4 is 5.91 Å². The molecule has 1 aromatic carbocycles. The number of benzene rings is 1. The first kappa shape index (κ1) is 15.6. The molecule has 3 rings (SSSR count). The third-order valence-electron chi connectivity index (χ3n) is 4.30. The van der Waals surface area contributed by atoms with E-state index in [2.05, 4.69) is 5.10 Å². The third-order valence-corrected chi connectivity index (χ3v) is 4.30. The minimum absolute atomic E-state index is 0.0525.